The first-order chi connectivity index (χ1) is 15.1. The number of benzene rings is 2. The minimum Gasteiger partial charge on any atom is -0.462 e. The fourth-order valence-corrected chi connectivity index (χ4v) is 4.24. The highest BCUT2D eigenvalue weighted by atomic mass is 16.5. The summed E-state index contributed by atoms with van der Waals surface area (Å²) >= 11 is 0. The molecule has 3 heterocycles. The van der Waals surface area contributed by atoms with E-state index in [9.17, 15) is 9.59 Å². The molecule has 156 valence electrons. The number of aromatic nitrogens is 1. The fraction of sp³-hybridized carbons (Fsp3) is 0.200. The van der Waals surface area contributed by atoms with Gasteiger partial charge in [0.1, 0.15) is 5.58 Å². The number of hydrogen-bond acceptors (Lipinski definition) is 4. The lowest BCUT2D eigenvalue weighted by atomic mass is 10.0. The van der Waals surface area contributed by atoms with Gasteiger partial charge in [0, 0.05) is 34.6 Å². The standard InChI is InChI=1S/C25H22N2O4/c1-3-30-25(29)19-14-27(13-12-18-17-9-4-6-10-20(17)26-22(18)19)24(28)23-15(2)16-8-5-7-11-21(16)31-23/h4-11,14,26H,3,12-13H2,1-2H3. The summed E-state index contributed by atoms with van der Waals surface area (Å²) in [7, 11) is 0. The molecule has 0 aliphatic carbocycles. The maximum absolute atomic E-state index is 13.4. The van der Waals surface area contributed by atoms with Crippen LogP contribution in [0.15, 0.2) is 59.1 Å². The van der Waals surface area contributed by atoms with Crippen molar-refractivity contribution in [1.82, 2.24) is 9.88 Å². The molecule has 0 unspecified atom stereocenters. The molecular formula is C25H22N2O4. The average Bonchev–Trinajstić information content (AvgIpc) is 3.25. The van der Waals surface area contributed by atoms with Gasteiger partial charge < -0.3 is 19.0 Å². The number of nitrogens with zero attached hydrogens (tertiary/aromatic N) is 1. The average molecular weight is 414 g/mol. The molecule has 1 aliphatic heterocycles. The molecule has 0 fully saturated rings. The second kappa shape index (κ2) is 7.47. The van der Waals surface area contributed by atoms with Crippen LogP contribution in [0.3, 0.4) is 0 Å². The van der Waals surface area contributed by atoms with Crippen LogP contribution in [0.5, 0.6) is 0 Å². The molecule has 31 heavy (non-hydrogen) atoms. The van der Waals surface area contributed by atoms with Crippen LogP contribution in [0.2, 0.25) is 0 Å². The summed E-state index contributed by atoms with van der Waals surface area (Å²) in [5, 5.41) is 1.95. The normalized spacial score (nSPS) is 13.7. The number of fused-ring (bicyclic) bond motifs is 4. The van der Waals surface area contributed by atoms with Crippen molar-refractivity contribution >= 4 is 39.3 Å². The monoisotopic (exact) mass is 414 g/mol. The number of esters is 1. The van der Waals surface area contributed by atoms with Crippen LogP contribution in [0.25, 0.3) is 27.4 Å². The summed E-state index contributed by atoms with van der Waals surface area (Å²) in [4.78, 5) is 31.2. The number of rotatable bonds is 3. The van der Waals surface area contributed by atoms with Crippen molar-refractivity contribution in [2.24, 2.45) is 0 Å². The smallest absolute Gasteiger partial charge is 0.341 e. The summed E-state index contributed by atoms with van der Waals surface area (Å²) in [5.74, 6) is -0.447. The molecular weight excluding hydrogens is 392 g/mol. The third-order valence-electron chi connectivity index (χ3n) is 5.76. The predicted octanol–water partition coefficient (Wildman–Crippen LogP) is 4.83. The number of aryl methyl sites for hydroxylation is 1. The quantitative estimate of drug-likeness (QED) is 0.488. The van der Waals surface area contributed by atoms with Crippen LogP contribution in [-0.4, -0.2) is 34.9 Å². The largest absolute Gasteiger partial charge is 0.462 e. The Bertz CT molecular complexity index is 1360. The Morgan fingerprint density at radius 1 is 1.10 bits per heavy atom. The molecule has 1 aliphatic rings. The Hall–Kier alpha value is -3.80. The summed E-state index contributed by atoms with van der Waals surface area (Å²) < 4.78 is 11.2. The third-order valence-corrected chi connectivity index (χ3v) is 5.76. The molecule has 0 bridgehead atoms. The molecule has 4 aromatic rings. The Balaban J connectivity index is 1.61. The van der Waals surface area contributed by atoms with Crippen LogP contribution in [0, 0.1) is 6.92 Å². The van der Waals surface area contributed by atoms with Crippen LogP contribution < -0.4 is 0 Å². The van der Waals surface area contributed by atoms with E-state index in [1.54, 1.807) is 18.0 Å². The van der Waals surface area contributed by atoms with Gasteiger partial charge in [-0.2, -0.15) is 0 Å². The SMILES string of the molecule is CCOC(=O)C1=CN(C(=O)c2oc3ccccc3c2C)CCc2c1[nH]c1ccccc21. The second-order valence-corrected chi connectivity index (χ2v) is 7.59. The number of carbonyl (C=O) groups is 2. The van der Waals surface area contributed by atoms with Crippen LogP contribution >= 0.6 is 0 Å². The third kappa shape index (κ3) is 3.11. The zero-order chi connectivity index (χ0) is 21.5. The van der Waals surface area contributed by atoms with Crippen molar-refractivity contribution in [3.63, 3.8) is 0 Å². The lowest BCUT2D eigenvalue weighted by molar-refractivity contribution is -0.136. The van der Waals surface area contributed by atoms with E-state index in [1.807, 2.05) is 55.5 Å². The maximum Gasteiger partial charge on any atom is 0.341 e. The number of H-pyrrole nitrogens is 1. The van der Waals surface area contributed by atoms with E-state index in [0.29, 0.717) is 29.8 Å². The van der Waals surface area contributed by atoms with Crippen LogP contribution in [-0.2, 0) is 16.0 Å². The van der Waals surface area contributed by atoms with Gasteiger partial charge in [-0.3, -0.25) is 4.79 Å². The number of carbonyl (C=O) groups excluding carboxylic acids is 2. The topological polar surface area (TPSA) is 75.5 Å². The molecule has 6 nitrogen and oxygen atoms in total. The van der Waals surface area contributed by atoms with Crippen molar-refractivity contribution in [2.75, 3.05) is 13.2 Å². The highest BCUT2D eigenvalue weighted by Gasteiger charge is 2.29. The lowest BCUT2D eigenvalue weighted by Crippen LogP contribution is -2.28. The van der Waals surface area contributed by atoms with E-state index in [-0.39, 0.29) is 18.3 Å². The van der Waals surface area contributed by atoms with E-state index >= 15 is 0 Å². The summed E-state index contributed by atoms with van der Waals surface area (Å²) in [6.07, 6.45) is 2.19. The van der Waals surface area contributed by atoms with Gasteiger partial charge in [-0.15, -0.1) is 0 Å². The molecule has 1 amide bonds. The minimum atomic E-state index is -0.462. The lowest BCUT2D eigenvalue weighted by Gasteiger charge is -2.16. The first kappa shape index (κ1) is 19.2. The van der Waals surface area contributed by atoms with Crippen molar-refractivity contribution in [1.29, 1.82) is 0 Å². The van der Waals surface area contributed by atoms with E-state index < -0.39 is 5.97 Å². The van der Waals surface area contributed by atoms with Gasteiger partial charge >= 0.3 is 5.97 Å². The number of furan rings is 1. The summed E-state index contributed by atoms with van der Waals surface area (Å²) in [6.45, 7) is 4.32. The van der Waals surface area contributed by atoms with Gasteiger partial charge in [-0.25, -0.2) is 4.79 Å². The molecule has 2 aromatic heterocycles. The molecule has 2 aromatic carbocycles. The molecule has 1 N–H and O–H groups in total. The molecule has 5 rings (SSSR count). The fourth-order valence-electron chi connectivity index (χ4n) is 4.24. The number of aromatic amines is 1. The Kier molecular flexibility index (Phi) is 4.62. The van der Waals surface area contributed by atoms with E-state index in [0.717, 1.165) is 27.4 Å². The summed E-state index contributed by atoms with van der Waals surface area (Å²) in [6, 6.07) is 15.5. The summed E-state index contributed by atoms with van der Waals surface area (Å²) in [5.41, 5.74) is 4.47. The zero-order valence-electron chi connectivity index (χ0n) is 17.4. The first-order valence-electron chi connectivity index (χ1n) is 10.4. The zero-order valence-corrected chi connectivity index (χ0v) is 17.4. The van der Waals surface area contributed by atoms with E-state index in [2.05, 4.69) is 4.98 Å². The van der Waals surface area contributed by atoms with Gasteiger partial charge in [-0.05, 0) is 38.0 Å². The number of amides is 1. The van der Waals surface area contributed by atoms with Gasteiger partial charge in [0.15, 0.2) is 5.76 Å². The molecule has 0 saturated carbocycles. The Morgan fingerprint density at radius 2 is 1.84 bits per heavy atom. The number of para-hydroxylation sites is 2. The van der Waals surface area contributed by atoms with Crippen molar-refractivity contribution in [3.05, 3.63) is 77.3 Å². The van der Waals surface area contributed by atoms with Gasteiger partial charge in [-0.1, -0.05) is 36.4 Å². The first-order valence-corrected chi connectivity index (χ1v) is 10.4. The second-order valence-electron chi connectivity index (χ2n) is 7.59. The minimum absolute atomic E-state index is 0.252. The van der Waals surface area contributed by atoms with Crippen molar-refractivity contribution in [2.45, 2.75) is 20.3 Å². The number of hydrogen-bond donors (Lipinski definition) is 1. The number of ether oxygens (including phenoxy) is 1. The highest BCUT2D eigenvalue weighted by Crippen LogP contribution is 2.33. The highest BCUT2D eigenvalue weighted by molar-refractivity contribution is 6.18. The van der Waals surface area contributed by atoms with Gasteiger partial charge in [0.05, 0.1) is 17.9 Å². The van der Waals surface area contributed by atoms with Crippen molar-refractivity contribution in [3.8, 4) is 0 Å². The van der Waals surface area contributed by atoms with Crippen LogP contribution in [0.1, 0.15) is 34.3 Å². The van der Waals surface area contributed by atoms with Gasteiger partial charge in [0.25, 0.3) is 5.91 Å². The van der Waals surface area contributed by atoms with Gasteiger partial charge in [0.2, 0.25) is 0 Å². The Labute approximate surface area is 179 Å². The maximum atomic E-state index is 13.4. The molecule has 6 heteroatoms. The van der Waals surface area contributed by atoms with E-state index in [4.69, 9.17) is 9.15 Å². The molecule has 0 spiro atoms. The molecule has 0 radical (unpaired) electrons. The number of nitrogens with one attached hydrogen (secondary N) is 1. The van der Waals surface area contributed by atoms with E-state index in [1.165, 1.54) is 0 Å². The Morgan fingerprint density at radius 3 is 2.61 bits per heavy atom. The molecule has 0 saturated heterocycles. The predicted molar refractivity (Wildman–Crippen MR) is 119 cm³/mol. The molecule has 0 atom stereocenters. The van der Waals surface area contributed by atoms with Crippen molar-refractivity contribution < 1.29 is 18.7 Å². The van der Waals surface area contributed by atoms with Crippen LogP contribution in [0.4, 0.5) is 0 Å².